The van der Waals surface area contributed by atoms with Gasteiger partial charge in [0.05, 0.1) is 6.04 Å². The number of carbonyl (C=O) groups excluding carboxylic acids is 1. The number of nitrogens with zero attached hydrogens (tertiary/aromatic N) is 1. The van der Waals surface area contributed by atoms with Gasteiger partial charge in [-0.1, -0.05) is 78.9 Å². The number of aliphatic hydroxyl groups is 1. The van der Waals surface area contributed by atoms with E-state index in [1.165, 1.54) is 11.0 Å². The molecule has 134 valence electrons. The highest BCUT2D eigenvalue weighted by Gasteiger charge is 2.41. The zero-order valence-corrected chi connectivity index (χ0v) is 14.5. The van der Waals surface area contributed by atoms with E-state index in [0.717, 1.165) is 5.56 Å². The van der Waals surface area contributed by atoms with Crippen molar-refractivity contribution in [3.8, 4) is 0 Å². The number of carbonyl (C=O) groups is 1. The van der Waals surface area contributed by atoms with Gasteiger partial charge < -0.3 is 10.0 Å². The van der Waals surface area contributed by atoms with Crippen molar-refractivity contribution in [2.45, 2.75) is 12.6 Å². The first-order valence-corrected chi connectivity index (χ1v) is 8.74. The lowest BCUT2D eigenvalue weighted by molar-refractivity contribution is -0.130. The third-order valence-corrected chi connectivity index (χ3v) is 4.78. The summed E-state index contributed by atoms with van der Waals surface area (Å²) in [4.78, 5) is 14.4. The maximum absolute atomic E-state index is 14.7. The van der Waals surface area contributed by atoms with Crippen molar-refractivity contribution in [2.75, 3.05) is 0 Å². The largest absolute Gasteiger partial charge is 0.503 e. The van der Waals surface area contributed by atoms with Crippen LogP contribution in [0.25, 0.3) is 5.57 Å². The third-order valence-electron chi connectivity index (χ3n) is 4.78. The van der Waals surface area contributed by atoms with E-state index in [9.17, 15) is 14.3 Å². The van der Waals surface area contributed by atoms with Gasteiger partial charge in [0.15, 0.2) is 5.76 Å². The second-order valence-electron chi connectivity index (χ2n) is 6.47. The molecule has 3 aromatic carbocycles. The molecule has 0 aliphatic carbocycles. The molecule has 1 N–H and O–H groups in total. The first-order chi connectivity index (χ1) is 13.2. The predicted molar refractivity (Wildman–Crippen MR) is 102 cm³/mol. The van der Waals surface area contributed by atoms with Gasteiger partial charge in [0.25, 0.3) is 5.91 Å². The molecule has 0 saturated carbocycles. The van der Waals surface area contributed by atoms with Crippen LogP contribution in [0.4, 0.5) is 4.39 Å². The van der Waals surface area contributed by atoms with Crippen LogP contribution in [0.1, 0.15) is 22.7 Å². The van der Waals surface area contributed by atoms with Crippen LogP contribution in [0, 0.1) is 5.82 Å². The van der Waals surface area contributed by atoms with Gasteiger partial charge in [-0.3, -0.25) is 4.79 Å². The molecule has 0 saturated heterocycles. The van der Waals surface area contributed by atoms with Crippen LogP contribution in [-0.2, 0) is 11.3 Å². The Morgan fingerprint density at radius 2 is 1.44 bits per heavy atom. The summed E-state index contributed by atoms with van der Waals surface area (Å²) in [6.07, 6.45) is 0. The van der Waals surface area contributed by atoms with Gasteiger partial charge in [-0.05, 0) is 17.2 Å². The fraction of sp³-hybridized carbons (Fsp3) is 0.0870. The Morgan fingerprint density at radius 3 is 2.11 bits per heavy atom. The predicted octanol–water partition coefficient (Wildman–Crippen LogP) is 4.88. The Morgan fingerprint density at radius 1 is 0.852 bits per heavy atom. The molecule has 1 heterocycles. The minimum atomic E-state index is -0.693. The summed E-state index contributed by atoms with van der Waals surface area (Å²) in [5.74, 6) is -1.23. The maximum atomic E-state index is 14.7. The minimum Gasteiger partial charge on any atom is -0.503 e. The fourth-order valence-electron chi connectivity index (χ4n) is 3.53. The molecule has 4 rings (SSSR count). The van der Waals surface area contributed by atoms with Crippen LogP contribution < -0.4 is 0 Å². The summed E-state index contributed by atoms with van der Waals surface area (Å²) >= 11 is 0. The SMILES string of the molecule is O=C1C(O)=C(c2ccccc2)[C@H](c2ccccc2F)N1Cc1ccccc1. The van der Waals surface area contributed by atoms with Crippen LogP contribution >= 0.6 is 0 Å². The molecule has 3 aromatic rings. The van der Waals surface area contributed by atoms with Crippen LogP contribution in [0.15, 0.2) is 90.7 Å². The average Bonchev–Trinajstić information content (AvgIpc) is 2.95. The minimum absolute atomic E-state index is 0.277. The normalized spacial score (nSPS) is 16.9. The highest BCUT2D eigenvalue weighted by molar-refractivity contribution is 6.05. The van der Waals surface area contributed by atoms with Crippen LogP contribution in [-0.4, -0.2) is 15.9 Å². The Bertz CT molecular complexity index is 999. The van der Waals surface area contributed by atoms with Crippen molar-refractivity contribution >= 4 is 11.5 Å². The van der Waals surface area contributed by atoms with Gasteiger partial charge >= 0.3 is 0 Å². The second-order valence-corrected chi connectivity index (χ2v) is 6.47. The summed E-state index contributed by atoms with van der Waals surface area (Å²) < 4.78 is 14.7. The lowest BCUT2D eigenvalue weighted by atomic mass is 9.93. The van der Waals surface area contributed by atoms with E-state index < -0.39 is 17.8 Å². The number of aliphatic hydroxyl groups excluding tert-OH is 1. The summed E-state index contributed by atoms with van der Waals surface area (Å²) in [6, 6.07) is 24.3. The van der Waals surface area contributed by atoms with E-state index in [1.807, 2.05) is 60.7 Å². The average molecular weight is 359 g/mol. The van der Waals surface area contributed by atoms with Gasteiger partial charge in [-0.2, -0.15) is 0 Å². The molecule has 1 atom stereocenters. The van der Waals surface area contributed by atoms with E-state index in [2.05, 4.69) is 0 Å². The van der Waals surface area contributed by atoms with Crippen molar-refractivity contribution in [1.82, 2.24) is 4.90 Å². The van der Waals surface area contributed by atoms with E-state index in [1.54, 1.807) is 18.2 Å². The number of hydrogen-bond donors (Lipinski definition) is 1. The van der Waals surface area contributed by atoms with Crippen LogP contribution in [0.3, 0.4) is 0 Å². The maximum Gasteiger partial charge on any atom is 0.290 e. The number of benzene rings is 3. The van der Waals surface area contributed by atoms with Crippen molar-refractivity contribution in [2.24, 2.45) is 0 Å². The van der Waals surface area contributed by atoms with Gasteiger partial charge in [0.1, 0.15) is 5.82 Å². The van der Waals surface area contributed by atoms with E-state index in [0.29, 0.717) is 16.7 Å². The monoisotopic (exact) mass is 359 g/mol. The summed E-state index contributed by atoms with van der Waals surface area (Å²) in [7, 11) is 0. The molecule has 0 fully saturated rings. The lowest BCUT2D eigenvalue weighted by Gasteiger charge is -2.27. The number of hydrogen-bond acceptors (Lipinski definition) is 2. The molecular weight excluding hydrogens is 341 g/mol. The molecule has 0 spiro atoms. The van der Waals surface area contributed by atoms with Gasteiger partial charge in [-0.15, -0.1) is 0 Å². The second kappa shape index (κ2) is 7.08. The highest BCUT2D eigenvalue weighted by Crippen LogP contribution is 2.44. The lowest BCUT2D eigenvalue weighted by Crippen LogP contribution is -2.30. The third kappa shape index (κ3) is 3.10. The summed E-state index contributed by atoms with van der Waals surface area (Å²) in [6.45, 7) is 0.277. The van der Waals surface area contributed by atoms with Gasteiger partial charge in [-0.25, -0.2) is 4.39 Å². The van der Waals surface area contributed by atoms with Crippen molar-refractivity contribution in [3.05, 3.63) is 113 Å². The fourth-order valence-corrected chi connectivity index (χ4v) is 3.53. The number of halogens is 1. The first-order valence-electron chi connectivity index (χ1n) is 8.74. The molecule has 1 aliphatic rings. The number of amides is 1. The van der Waals surface area contributed by atoms with Gasteiger partial charge in [0.2, 0.25) is 0 Å². The first kappa shape index (κ1) is 17.0. The zero-order chi connectivity index (χ0) is 18.8. The standard InChI is InChI=1S/C23H18FNO2/c24-19-14-8-7-13-18(19)21-20(17-11-5-2-6-12-17)22(26)23(27)25(21)15-16-9-3-1-4-10-16/h1-14,21,26H,15H2/t21-/m0/s1. The van der Waals surface area contributed by atoms with Crippen LogP contribution in [0.2, 0.25) is 0 Å². The smallest absolute Gasteiger partial charge is 0.290 e. The molecule has 4 heteroatoms. The van der Waals surface area contributed by atoms with E-state index in [-0.39, 0.29) is 12.3 Å². The molecule has 3 nitrogen and oxygen atoms in total. The Hall–Kier alpha value is -3.40. The number of rotatable bonds is 4. The summed E-state index contributed by atoms with van der Waals surface area (Å²) in [5, 5.41) is 10.6. The molecule has 0 unspecified atom stereocenters. The zero-order valence-electron chi connectivity index (χ0n) is 14.5. The van der Waals surface area contributed by atoms with Gasteiger partial charge in [0, 0.05) is 17.7 Å². The van der Waals surface area contributed by atoms with E-state index in [4.69, 9.17) is 0 Å². The molecule has 1 aliphatic heterocycles. The topological polar surface area (TPSA) is 40.5 Å². The van der Waals surface area contributed by atoms with E-state index >= 15 is 0 Å². The van der Waals surface area contributed by atoms with Crippen molar-refractivity contribution in [3.63, 3.8) is 0 Å². The molecule has 0 radical (unpaired) electrons. The molecule has 0 bridgehead atoms. The van der Waals surface area contributed by atoms with Crippen molar-refractivity contribution in [1.29, 1.82) is 0 Å². The molecule has 1 amide bonds. The van der Waals surface area contributed by atoms with Crippen molar-refractivity contribution < 1.29 is 14.3 Å². The highest BCUT2D eigenvalue weighted by atomic mass is 19.1. The molecule has 27 heavy (non-hydrogen) atoms. The Kier molecular flexibility index (Phi) is 4.47. The Balaban J connectivity index is 1.85. The molecular formula is C23H18FNO2. The molecule has 0 aromatic heterocycles. The summed E-state index contributed by atoms with van der Waals surface area (Å²) in [5.41, 5.74) is 2.41. The quantitative estimate of drug-likeness (QED) is 0.721. The Labute approximate surface area is 157 Å². The van der Waals surface area contributed by atoms with Crippen LogP contribution in [0.5, 0.6) is 0 Å².